The number of halogens is 1. The highest BCUT2D eigenvalue weighted by atomic mass is 35.5. The summed E-state index contributed by atoms with van der Waals surface area (Å²) >= 11 is 5.77. The van der Waals surface area contributed by atoms with Crippen LogP contribution in [0.5, 0.6) is 0 Å². The maximum atomic E-state index is 12.6. The lowest BCUT2D eigenvalue weighted by Gasteiger charge is -2.27. The van der Waals surface area contributed by atoms with Gasteiger partial charge in [-0.25, -0.2) is 13.4 Å². The summed E-state index contributed by atoms with van der Waals surface area (Å²) in [6.07, 6.45) is 1.40. The monoisotopic (exact) mass is 365 g/mol. The van der Waals surface area contributed by atoms with Gasteiger partial charge in [0.05, 0.1) is 5.56 Å². The second kappa shape index (κ2) is 5.81. The van der Waals surface area contributed by atoms with Gasteiger partial charge in [0.2, 0.25) is 0 Å². The molecule has 0 radical (unpaired) electrons. The van der Waals surface area contributed by atoms with Crippen LogP contribution in [-0.4, -0.2) is 31.5 Å². The Hall–Kier alpha value is -2.58. The Bertz CT molecular complexity index is 955. The first-order chi connectivity index (χ1) is 11.3. The molecule has 1 amide bonds. The summed E-state index contributed by atoms with van der Waals surface area (Å²) < 4.78 is 26.0. The smallest absolute Gasteiger partial charge is 0.274 e. The summed E-state index contributed by atoms with van der Waals surface area (Å²) in [5, 5.41) is 13.2. The average Bonchev–Trinajstić information content (AvgIpc) is 2.55. The van der Waals surface area contributed by atoms with E-state index in [1.54, 1.807) is 12.1 Å². The third-order valence-corrected chi connectivity index (χ3v) is 5.52. The Morgan fingerprint density at radius 3 is 2.58 bits per heavy atom. The lowest BCUT2D eigenvalue weighted by molar-refractivity contribution is -0.112. The molecule has 0 fully saturated rings. The SMILES string of the molecule is CN1c2ncccc2C(O)=C(C(=O)Nc2ccc(Cl)cc2)S1(=O)=O. The predicted molar refractivity (Wildman–Crippen MR) is 91.2 cm³/mol. The van der Waals surface area contributed by atoms with Crippen molar-refractivity contribution in [2.75, 3.05) is 16.7 Å². The summed E-state index contributed by atoms with van der Waals surface area (Å²) in [6.45, 7) is 0. The van der Waals surface area contributed by atoms with Crippen molar-refractivity contribution < 1.29 is 18.3 Å². The molecule has 0 saturated carbocycles. The van der Waals surface area contributed by atoms with Crippen molar-refractivity contribution in [2.45, 2.75) is 0 Å². The maximum absolute atomic E-state index is 12.6. The van der Waals surface area contributed by atoms with Crippen LogP contribution in [0, 0.1) is 0 Å². The van der Waals surface area contributed by atoms with Gasteiger partial charge >= 0.3 is 0 Å². The third kappa shape index (κ3) is 2.59. The van der Waals surface area contributed by atoms with Crippen LogP contribution in [-0.2, 0) is 14.8 Å². The number of hydrogen-bond donors (Lipinski definition) is 2. The molecule has 1 aliphatic rings. The van der Waals surface area contributed by atoms with Crippen molar-refractivity contribution in [3.05, 3.63) is 58.1 Å². The number of aliphatic hydroxyl groups is 1. The standard InChI is InChI=1S/C15H12ClN3O4S/c1-19-14-11(3-2-8-17-14)12(20)13(24(19,22)23)15(21)18-10-6-4-9(16)5-7-10/h2-8,20H,1H3,(H,18,21). The molecule has 2 N–H and O–H groups in total. The molecule has 1 aliphatic heterocycles. The number of carbonyl (C=O) groups excluding carboxylic acids is 1. The fourth-order valence-corrected chi connectivity index (χ4v) is 3.69. The van der Waals surface area contributed by atoms with E-state index in [4.69, 9.17) is 11.6 Å². The molecule has 1 aromatic heterocycles. The molecule has 2 aromatic rings. The Kier molecular flexibility index (Phi) is 3.94. The summed E-state index contributed by atoms with van der Waals surface area (Å²) in [6, 6.07) is 9.16. The van der Waals surface area contributed by atoms with Gasteiger partial charge in [0, 0.05) is 24.0 Å². The molecule has 0 aliphatic carbocycles. The van der Waals surface area contributed by atoms with Crippen molar-refractivity contribution in [3.8, 4) is 0 Å². The lowest BCUT2D eigenvalue weighted by atomic mass is 10.2. The Morgan fingerprint density at radius 1 is 1.25 bits per heavy atom. The minimum Gasteiger partial charge on any atom is -0.506 e. The van der Waals surface area contributed by atoms with Crippen molar-refractivity contribution in [1.29, 1.82) is 0 Å². The first-order valence-corrected chi connectivity index (χ1v) is 8.58. The first kappa shape index (κ1) is 16.3. The number of pyridine rings is 1. The van der Waals surface area contributed by atoms with Crippen LogP contribution in [0.4, 0.5) is 11.5 Å². The van der Waals surface area contributed by atoms with Crippen LogP contribution in [0.3, 0.4) is 0 Å². The molecular formula is C15H12ClN3O4S. The molecule has 0 saturated heterocycles. The van der Waals surface area contributed by atoms with Gasteiger partial charge in [-0.2, -0.15) is 0 Å². The number of carbonyl (C=O) groups is 1. The van der Waals surface area contributed by atoms with Crippen LogP contribution in [0.1, 0.15) is 5.56 Å². The molecule has 0 spiro atoms. The maximum Gasteiger partial charge on any atom is 0.274 e. The second-order valence-electron chi connectivity index (χ2n) is 4.99. The number of nitrogens with zero attached hydrogens (tertiary/aromatic N) is 2. The fraction of sp³-hybridized carbons (Fsp3) is 0.0667. The number of hydrogen-bond acceptors (Lipinski definition) is 5. The lowest BCUT2D eigenvalue weighted by Crippen LogP contribution is -2.37. The zero-order valence-electron chi connectivity index (χ0n) is 12.4. The Balaban J connectivity index is 2.07. The fourth-order valence-electron chi connectivity index (χ4n) is 2.27. The average molecular weight is 366 g/mol. The molecular weight excluding hydrogens is 354 g/mol. The predicted octanol–water partition coefficient (Wildman–Crippen LogP) is 2.38. The summed E-state index contributed by atoms with van der Waals surface area (Å²) in [7, 11) is -2.96. The number of nitrogens with one attached hydrogen (secondary N) is 1. The van der Waals surface area contributed by atoms with Crippen LogP contribution >= 0.6 is 11.6 Å². The molecule has 0 atom stereocenters. The minimum atomic E-state index is -4.23. The number of benzene rings is 1. The van der Waals surface area contributed by atoms with Gasteiger partial charge < -0.3 is 10.4 Å². The molecule has 24 heavy (non-hydrogen) atoms. The van der Waals surface area contributed by atoms with Gasteiger partial charge in [-0.05, 0) is 36.4 Å². The van der Waals surface area contributed by atoms with Gasteiger partial charge in [-0.1, -0.05) is 11.6 Å². The molecule has 124 valence electrons. The van der Waals surface area contributed by atoms with Gasteiger partial charge in [-0.15, -0.1) is 0 Å². The summed E-state index contributed by atoms with van der Waals surface area (Å²) in [5.74, 6) is -1.53. The zero-order valence-corrected chi connectivity index (χ0v) is 14.0. The van der Waals surface area contributed by atoms with Gasteiger partial charge in [0.1, 0.15) is 0 Å². The topological polar surface area (TPSA) is 99.6 Å². The minimum absolute atomic E-state index is 0.0537. The summed E-state index contributed by atoms with van der Waals surface area (Å²) in [4.78, 5) is 15.6. The van der Waals surface area contributed by atoms with Gasteiger partial charge in [0.25, 0.3) is 15.9 Å². The van der Waals surface area contributed by atoms with E-state index in [1.165, 1.54) is 37.5 Å². The van der Waals surface area contributed by atoms with Crippen molar-refractivity contribution in [3.63, 3.8) is 0 Å². The highest BCUT2D eigenvalue weighted by molar-refractivity contribution is 7.97. The van der Waals surface area contributed by atoms with E-state index in [-0.39, 0.29) is 11.4 Å². The molecule has 3 rings (SSSR count). The molecule has 9 heteroatoms. The van der Waals surface area contributed by atoms with Crippen LogP contribution < -0.4 is 9.62 Å². The van der Waals surface area contributed by atoms with Gasteiger partial charge in [0.15, 0.2) is 16.5 Å². The second-order valence-corrected chi connectivity index (χ2v) is 7.33. The Morgan fingerprint density at radius 2 is 1.92 bits per heavy atom. The molecule has 2 heterocycles. The molecule has 1 aromatic carbocycles. The van der Waals surface area contributed by atoms with E-state index in [0.29, 0.717) is 10.7 Å². The largest absolute Gasteiger partial charge is 0.506 e. The van der Waals surface area contributed by atoms with E-state index < -0.39 is 26.6 Å². The highest BCUT2D eigenvalue weighted by Crippen LogP contribution is 2.36. The first-order valence-electron chi connectivity index (χ1n) is 6.77. The number of aromatic nitrogens is 1. The number of rotatable bonds is 2. The van der Waals surface area contributed by atoms with E-state index in [9.17, 15) is 18.3 Å². The van der Waals surface area contributed by atoms with Crippen LogP contribution in [0.2, 0.25) is 5.02 Å². The quantitative estimate of drug-likeness (QED) is 0.851. The van der Waals surface area contributed by atoms with E-state index in [1.807, 2.05) is 0 Å². The number of aliphatic hydroxyl groups excluding tert-OH is 1. The number of sulfonamides is 1. The van der Waals surface area contributed by atoms with E-state index in [2.05, 4.69) is 10.3 Å². The van der Waals surface area contributed by atoms with Crippen molar-refractivity contribution >= 4 is 44.8 Å². The molecule has 0 bridgehead atoms. The van der Waals surface area contributed by atoms with E-state index in [0.717, 1.165) is 4.31 Å². The highest BCUT2D eigenvalue weighted by Gasteiger charge is 2.40. The summed E-state index contributed by atoms with van der Waals surface area (Å²) in [5.41, 5.74) is 0.510. The number of fused-ring (bicyclic) bond motifs is 1. The zero-order chi connectivity index (χ0) is 17.5. The number of amides is 1. The van der Waals surface area contributed by atoms with E-state index >= 15 is 0 Å². The van der Waals surface area contributed by atoms with Crippen LogP contribution in [0.25, 0.3) is 5.76 Å². The van der Waals surface area contributed by atoms with Crippen molar-refractivity contribution in [2.24, 2.45) is 0 Å². The van der Waals surface area contributed by atoms with Crippen molar-refractivity contribution in [1.82, 2.24) is 4.98 Å². The van der Waals surface area contributed by atoms with Gasteiger partial charge in [-0.3, -0.25) is 9.10 Å². The van der Waals surface area contributed by atoms with Crippen LogP contribution in [0.15, 0.2) is 47.5 Å². The molecule has 7 nitrogen and oxygen atoms in total. The number of anilines is 2. The molecule has 0 unspecified atom stereocenters. The Labute approximate surface area is 143 Å². The third-order valence-electron chi connectivity index (χ3n) is 3.48. The normalized spacial score (nSPS) is 15.8.